The van der Waals surface area contributed by atoms with E-state index in [0.717, 1.165) is 36.9 Å². The van der Waals surface area contributed by atoms with Crippen LogP contribution in [0.1, 0.15) is 50.4 Å². The molecule has 1 amide bonds. The number of rotatable bonds is 2. The summed E-state index contributed by atoms with van der Waals surface area (Å²) >= 11 is 12.1. The van der Waals surface area contributed by atoms with Crippen molar-refractivity contribution in [2.24, 2.45) is 35.5 Å². The van der Waals surface area contributed by atoms with Gasteiger partial charge in [-0.25, -0.2) is 9.97 Å². The van der Waals surface area contributed by atoms with Crippen LogP contribution in [0.4, 0.5) is 5.69 Å². The summed E-state index contributed by atoms with van der Waals surface area (Å²) in [7, 11) is 0. The number of aromatic nitrogens is 3. The number of anilines is 1. The Hall–Kier alpha value is -1.85. The molecule has 0 radical (unpaired) electrons. The van der Waals surface area contributed by atoms with Crippen LogP contribution in [0.5, 0.6) is 0 Å². The third-order valence-corrected chi connectivity index (χ3v) is 8.98. The Kier molecular flexibility index (Phi) is 4.87. The van der Waals surface area contributed by atoms with Crippen LogP contribution in [-0.2, 0) is 4.79 Å². The lowest BCUT2D eigenvalue weighted by Gasteiger charge is -2.51. The number of halogens is 2. The number of amides is 1. The van der Waals surface area contributed by atoms with Crippen LogP contribution in [0.3, 0.4) is 0 Å². The van der Waals surface area contributed by atoms with E-state index in [-0.39, 0.29) is 17.0 Å². The molecule has 2 aromatic rings. The zero-order valence-electron chi connectivity index (χ0n) is 17.3. The largest absolute Gasteiger partial charge is 0.328 e. The van der Waals surface area contributed by atoms with Crippen molar-refractivity contribution in [1.82, 2.24) is 14.5 Å². The molecule has 0 saturated heterocycles. The zero-order chi connectivity index (χ0) is 21.1. The quantitative estimate of drug-likeness (QED) is 0.574. The maximum absolute atomic E-state index is 13.2. The predicted octanol–water partition coefficient (Wildman–Crippen LogP) is 5.87. The van der Waals surface area contributed by atoms with Gasteiger partial charge in [0.15, 0.2) is 5.15 Å². The maximum Gasteiger partial charge on any atom is 0.227 e. The lowest BCUT2D eigenvalue weighted by Crippen LogP contribution is -2.44. The third-order valence-electron chi connectivity index (χ3n) is 8.48. The molecule has 1 aliphatic heterocycles. The Bertz CT molecular complexity index is 1050. The van der Waals surface area contributed by atoms with Crippen LogP contribution in [0.2, 0.25) is 10.3 Å². The number of allylic oxidation sites excluding steroid dienone is 1. The fraction of sp³-hybridized carbons (Fsp3) is 0.542. The van der Waals surface area contributed by atoms with E-state index >= 15 is 0 Å². The highest BCUT2D eigenvalue weighted by Crippen LogP contribution is 2.58. The summed E-state index contributed by atoms with van der Waals surface area (Å²) in [5.41, 5.74) is 0.553. The van der Waals surface area contributed by atoms with Crippen molar-refractivity contribution in [2.75, 3.05) is 5.32 Å². The molecule has 7 heteroatoms. The summed E-state index contributed by atoms with van der Waals surface area (Å²) in [6.45, 7) is 0. The number of pyridine rings is 1. The molecule has 1 N–H and O–H groups in total. The molecule has 3 heterocycles. The number of nitrogens with zero attached hydrogens (tertiary/aromatic N) is 3. The lowest BCUT2D eigenvalue weighted by atomic mass is 9.56. The third kappa shape index (κ3) is 3.23. The average molecular weight is 457 g/mol. The van der Waals surface area contributed by atoms with Gasteiger partial charge in [-0.05, 0) is 80.4 Å². The number of nitrogens with one attached hydrogen (secondary N) is 1. The second-order valence-electron chi connectivity index (χ2n) is 9.65. The summed E-state index contributed by atoms with van der Waals surface area (Å²) in [5.74, 6) is 4.45. The lowest BCUT2D eigenvalue weighted by molar-refractivity contribution is -0.122. The van der Waals surface area contributed by atoms with Gasteiger partial charge in [-0.3, -0.25) is 4.79 Å². The van der Waals surface area contributed by atoms with Crippen LogP contribution in [0.15, 0.2) is 30.6 Å². The Morgan fingerprint density at radius 3 is 2.65 bits per heavy atom. The first-order chi connectivity index (χ1) is 15.1. The van der Waals surface area contributed by atoms with E-state index in [2.05, 4.69) is 38.2 Å². The Morgan fingerprint density at radius 2 is 1.77 bits per heavy atom. The van der Waals surface area contributed by atoms with Gasteiger partial charge in [-0.1, -0.05) is 29.3 Å². The molecule has 0 spiro atoms. The molecule has 3 aliphatic carbocycles. The van der Waals surface area contributed by atoms with Crippen molar-refractivity contribution in [3.05, 3.63) is 46.7 Å². The summed E-state index contributed by atoms with van der Waals surface area (Å²) in [5, 5.41) is 3.61. The minimum Gasteiger partial charge on any atom is -0.328 e. The van der Waals surface area contributed by atoms with Crippen molar-refractivity contribution in [3.63, 3.8) is 0 Å². The number of imidazole rings is 1. The molecular formula is C24H26Cl2N4O. The Labute approximate surface area is 192 Å². The number of carbonyl (C=O) groups excluding carboxylic acids is 1. The van der Waals surface area contributed by atoms with E-state index in [4.69, 9.17) is 23.2 Å². The fourth-order valence-corrected chi connectivity index (χ4v) is 7.68. The number of fused-ring (bicyclic) bond motifs is 7. The molecule has 31 heavy (non-hydrogen) atoms. The van der Waals surface area contributed by atoms with Crippen LogP contribution in [0, 0.1) is 35.5 Å². The van der Waals surface area contributed by atoms with Gasteiger partial charge < -0.3 is 9.88 Å². The van der Waals surface area contributed by atoms with E-state index in [9.17, 15) is 4.79 Å². The summed E-state index contributed by atoms with van der Waals surface area (Å²) in [6.07, 6.45) is 15.7. The van der Waals surface area contributed by atoms with Gasteiger partial charge in [-0.15, -0.1) is 0 Å². The van der Waals surface area contributed by atoms with Crippen LogP contribution >= 0.6 is 23.2 Å². The molecule has 3 fully saturated rings. The molecule has 5 nitrogen and oxygen atoms in total. The van der Waals surface area contributed by atoms with Gasteiger partial charge >= 0.3 is 0 Å². The van der Waals surface area contributed by atoms with Crippen LogP contribution in [0.25, 0.3) is 6.08 Å². The Morgan fingerprint density at radius 1 is 1.00 bits per heavy atom. The second-order valence-corrected chi connectivity index (χ2v) is 10.4. The van der Waals surface area contributed by atoms with Crippen molar-refractivity contribution < 1.29 is 4.79 Å². The van der Waals surface area contributed by atoms with Gasteiger partial charge in [0.25, 0.3) is 0 Å². The van der Waals surface area contributed by atoms with Gasteiger partial charge in [0.1, 0.15) is 11.0 Å². The summed E-state index contributed by atoms with van der Waals surface area (Å²) in [6, 6.07) is 3.95. The molecule has 7 atom stereocenters. The van der Waals surface area contributed by atoms with Gasteiger partial charge in [0.2, 0.25) is 5.91 Å². The van der Waals surface area contributed by atoms with E-state index in [1.807, 2.05) is 6.20 Å². The smallest absolute Gasteiger partial charge is 0.227 e. The molecule has 162 valence electrons. The van der Waals surface area contributed by atoms with Crippen LogP contribution in [-0.4, -0.2) is 20.4 Å². The fourth-order valence-electron chi connectivity index (χ4n) is 7.29. The number of hydrogen-bond acceptors (Lipinski definition) is 3. The summed E-state index contributed by atoms with van der Waals surface area (Å²) in [4.78, 5) is 21.7. The van der Waals surface area contributed by atoms with E-state index in [1.54, 1.807) is 12.1 Å². The first-order valence-corrected chi connectivity index (χ1v) is 12.2. The first-order valence-electron chi connectivity index (χ1n) is 11.4. The topological polar surface area (TPSA) is 59.8 Å². The number of hydrogen-bond donors (Lipinski definition) is 1. The highest BCUT2D eigenvalue weighted by molar-refractivity contribution is 6.34. The predicted molar refractivity (Wildman–Crippen MR) is 122 cm³/mol. The van der Waals surface area contributed by atoms with Crippen molar-refractivity contribution in [3.8, 4) is 0 Å². The monoisotopic (exact) mass is 456 g/mol. The minimum absolute atomic E-state index is 0.0672. The van der Waals surface area contributed by atoms with Crippen molar-refractivity contribution in [1.29, 1.82) is 0 Å². The normalized spacial score (nSPS) is 35.6. The minimum atomic E-state index is 0.0672. The first kappa shape index (κ1) is 19.8. The van der Waals surface area contributed by atoms with E-state index in [1.165, 1.54) is 19.3 Å². The average Bonchev–Trinajstić information content (AvgIpc) is 3.42. The maximum atomic E-state index is 13.2. The second kappa shape index (κ2) is 7.63. The molecule has 4 aliphatic rings. The van der Waals surface area contributed by atoms with Crippen molar-refractivity contribution in [2.45, 2.75) is 44.6 Å². The zero-order valence-corrected chi connectivity index (χ0v) is 18.8. The van der Waals surface area contributed by atoms with Gasteiger partial charge in [0, 0.05) is 30.3 Å². The molecule has 6 rings (SSSR count). The number of carbonyl (C=O) groups is 1. The molecular weight excluding hydrogens is 431 g/mol. The van der Waals surface area contributed by atoms with E-state index < -0.39 is 0 Å². The molecule has 0 bridgehead atoms. The SMILES string of the molecule is O=C(Nc1ccc(Cl)nc1Cl)[C@@H]1CC[C@H]2[C@@H]3CCC4[C@H](C=Cc5nccn54)[C@H]3CC[C@@H]21. The summed E-state index contributed by atoms with van der Waals surface area (Å²) < 4.78 is 2.39. The highest BCUT2D eigenvalue weighted by Gasteiger charge is 2.52. The molecule has 2 aromatic heterocycles. The van der Waals surface area contributed by atoms with Crippen LogP contribution < -0.4 is 5.32 Å². The standard InChI is InChI=1S/C24H26Cl2N4O/c25-21-9-7-19(23(26)29-21)28-24(31)18-4-3-13-14-5-8-20-17(15(14)1-2-16(13)18)6-10-22-27-11-12-30(20)22/h6-7,9-18,20H,1-5,8H2,(H,28,31)/t13-,14-,15-,16-,17+,18+,20?/m0/s1. The molecule has 0 aromatic carbocycles. The van der Waals surface area contributed by atoms with Gasteiger partial charge in [0.05, 0.1) is 5.69 Å². The molecule has 3 saturated carbocycles. The van der Waals surface area contributed by atoms with Crippen molar-refractivity contribution >= 4 is 40.9 Å². The Balaban J connectivity index is 1.18. The van der Waals surface area contributed by atoms with E-state index in [0.29, 0.717) is 34.6 Å². The van der Waals surface area contributed by atoms with Gasteiger partial charge in [-0.2, -0.15) is 0 Å². The molecule has 1 unspecified atom stereocenters. The highest BCUT2D eigenvalue weighted by atomic mass is 35.5.